The number of nitrogens with one attached hydrogen (secondary N) is 2. The molecule has 2 unspecified atom stereocenters. The third-order valence-electron chi connectivity index (χ3n) is 3.15. The lowest BCUT2D eigenvalue weighted by atomic mass is 10.1. The minimum Gasteiger partial charge on any atom is -0.298 e. The third kappa shape index (κ3) is 2.97. The van der Waals surface area contributed by atoms with E-state index < -0.39 is 0 Å². The number of hydrogen-bond acceptors (Lipinski definition) is 4. The lowest BCUT2D eigenvalue weighted by Gasteiger charge is -2.25. The van der Waals surface area contributed by atoms with Gasteiger partial charge in [-0.3, -0.25) is 20.2 Å². The van der Waals surface area contributed by atoms with E-state index in [1.54, 1.807) is 11.3 Å². The predicted octanol–water partition coefficient (Wildman–Crippen LogP) is 1.77. The van der Waals surface area contributed by atoms with E-state index in [0.717, 1.165) is 6.42 Å². The van der Waals surface area contributed by atoms with E-state index in [2.05, 4.69) is 36.6 Å². The van der Waals surface area contributed by atoms with E-state index in [4.69, 9.17) is 0 Å². The molecule has 0 spiro atoms. The quantitative estimate of drug-likeness (QED) is 0.817. The molecule has 2 amide bonds. The number of imide groups is 1. The van der Waals surface area contributed by atoms with Crippen LogP contribution in [0.2, 0.25) is 0 Å². The van der Waals surface area contributed by atoms with Crippen LogP contribution in [0.1, 0.15) is 42.5 Å². The summed E-state index contributed by atoms with van der Waals surface area (Å²) < 4.78 is 0. The zero-order chi connectivity index (χ0) is 13.1. The average Bonchev–Trinajstić information content (AvgIpc) is 2.81. The first-order valence-electron chi connectivity index (χ1n) is 6.28. The van der Waals surface area contributed by atoms with Crippen LogP contribution in [0, 0.1) is 0 Å². The molecule has 4 nitrogen and oxygen atoms in total. The van der Waals surface area contributed by atoms with Crippen LogP contribution in [0.15, 0.2) is 12.1 Å². The maximum Gasteiger partial charge on any atom is 0.243 e. The number of rotatable bonds is 4. The second kappa shape index (κ2) is 5.63. The van der Waals surface area contributed by atoms with Crippen LogP contribution in [0.25, 0.3) is 0 Å². The summed E-state index contributed by atoms with van der Waals surface area (Å²) in [6.07, 6.45) is 2.04. The molecule has 1 saturated heterocycles. The SMILES string of the molecule is CCc1ccc(C(C)NC2CCC(=O)NC2=O)s1. The zero-order valence-corrected chi connectivity index (χ0v) is 11.5. The lowest BCUT2D eigenvalue weighted by Crippen LogP contribution is -2.51. The summed E-state index contributed by atoms with van der Waals surface area (Å²) >= 11 is 1.77. The maximum atomic E-state index is 11.6. The van der Waals surface area contributed by atoms with Gasteiger partial charge in [-0.1, -0.05) is 6.92 Å². The van der Waals surface area contributed by atoms with Gasteiger partial charge >= 0.3 is 0 Å². The molecule has 2 rings (SSSR count). The van der Waals surface area contributed by atoms with Crippen molar-refractivity contribution in [2.75, 3.05) is 0 Å². The van der Waals surface area contributed by atoms with Gasteiger partial charge in [0.15, 0.2) is 0 Å². The number of carbonyl (C=O) groups excluding carboxylic acids is 2. The highest BCUT2D eigenvalue weighted by Crippen LogP contribution is 2.24. The van der Waals surface area contributed by atoms with Gasteiger partial charge < -0.3 is 0 Å². The molecule has 18 heavy (non-hydrogen) atoms. The molecule has 98 valence electrons. The first-order chi connectivity index (χ1) is 8.60. The highest BCUT2D eigenvalue weighted by atomic mass is 32.1. The van der Waals surface area contributed by atoms with Crippen molar-refractivity contribution in [3.05, 3.63) is 21.9 Å². The van der Waals surface area contributed by atoms with Gasteiger partial charge in [0, 0.05) is 22.2 Å². The summed E-state index contributed by atoms with van der Waals surface area (Å²) in [6, 6.07) is 4.11. The second-order valence-corrected chi connectivity index (χ2v) is 5.75. The monoisotopic (exact) mass is 266 g/mol. The topological polar surface area (TPSA) is 58.2 Å². The fraction of sp³-hybridized carbons (Fsp3) is 0.538. The third-order valence-corrected chi connectivity index (χ3v) is 4.56. The van der Waals surface area contributed by atoms with E-state index >= 15 is 0 Å². The lowest BCUT2D eigenvalue weighted by molar-refractivity contribution is -0.134. The smallest absolute Gasteiger partial charge is 0.243 e. The van der Waals surface area contributed by atoms with Gasteiger partial charge in [0.2, 0.25) is 11.8 Å². The summed E-state index contributed by atoms with van der Waals surface area (Å²) in [4.78, 5) is 25.3. The zero-order valence-electron chi connectivity index (χ0n) is 10.7. The normalized spacial score (nSPS) is 21.8. The molecule has 2 heterocycles. The van der Waals surface area contributed by atoms with Gasteiger partial charge in [-0.05, 0) is 31.9 Å². The van der Waals surface area contributed by atoms with Crippen LogP contribution in [-0.2, 0) is 16.0 Å². The van der Waals surface area contributed by atoms with Crippen LogP contribution in [0.3, 0.4) is 0 Å². The number of carbonyl (C=O) groups is 2. The van der Waals surface area contributed by atoms with Crippen molar-refractivity contribution < 1.29 is 9.59 Å². The molecule has 1 aromatic rings. The second-order valence-electron chi connectivity index (χ2n) is 4.55. The predicted molar refractivity (Wildman–Crippen MR) is 71.4 cm³/mol. The van der Waals surface area contributed by atoms with Crippen molar-refractivity contribution in [2.45, 2.75) is 45.2 Å². The maximum absolute atomic E-state index is 11.6. The largest absolute Gasteiger partial charge is 0.298 e. The van der Waals surface area contributed by atoms with Crippen LogP contribution in [-0.4, -0.2) is 17.9 Å². The Labute approximate surface area is 111 Å². The summed E-state index contributed by atoms with van der Waals surface area (Å²) in [6.45, 7) is 4.18. The Morgan fingerprint density at radius 1 is 1.50 bits per heavy atom. The minimum absolute atomic E-state index is 0.138. The Bertz CT molecular complexity index is 456. The molecule has 2 atom stereocenters. The van der Waals surface area contributed by atoms with E-state index in [1.165, 1.54) is 9.75 Å². The average molecular weight is 266 g/mol. The molecular formula is C13H18N2O2S. The molecule has 1 aliphatic heterocycles. The van der Waals surface area contributed by atoms with Crippen LogP contribution >= 0.6 is 11.3 Å². The van der Waals surface area contributed by atoms with Crippen molar-refractivity contribution in [1.82, 2.24) is 10.6 Å². The van der Waals surface area contributed by atoms with E-state index in [1.807, 2.05) is 0 Å². The van der Waals surface area contributed by atoms with Gasteiger partial charge in [0.1, 0.15) is 0 Å². The molecule has 5 heteroatoms. The molecule has 2 N–H and O–H groups in total. The van der Waals surface area contributed by atoms with Crippen LogP contribution in [0.4, 0.5) is 0 Å². The summed E-state index contributed by atoms with van der Waals surface area (Å²) in [5.74, 6) is -0.375. The molecule has 1 aliphatic rings. The summed E-state index contributed by atoms with van der Waals surface area (Å²) in [5, 5.41) is 5.65. The van der Waals surface area contributed by atoms with Crippen molar-refractivity contribution in [1.29, 1.82) is 0 Å². The summed E-state index contributed by atoms with van der Waals surface area (Å²) in [7, 11) is 0. The van der Waals surface area contributed by atoms with Gasteiger partial charge in [0.25, 0.3) is 0 Å². The fourth-order valence-corrected chi connectivity index (χ4v) is 3.02. The van der Waals surface area contributed by atoms with Gasteiger partial charge in [-0.2, -0.15) is 0 Å². The molecule has 1 aromatic heterocycles. The minimum atomic E-state index is -0.259. The molecular weight excluding hydrogens is 248 g/mol. The van der Waals surface area contributed by atoms with Crippen molar-refractivity contribution in [2.24, 2.45) is 0 Å². The van der Waals surface area contributed by atoms with Crippen molar-refractivity contribution in [3.8, 4) is 0 Å². The Kier molecular flexibility index (Phi) is 4.14. The molecule has 0 aliphatic carbocycles. The fourth-order valence-electron chi connectivity index (χ4n) is 2.05. The number of hydrogen-bond donors (Lipinski definition) is 2. The van der Waals surface area contributed by atoms with E-state index in [0.29, 0.717) is 12.8 Å². The number of aryl methyl sites for hydroxylation is 1. The first kappa shape index (κ1) is 13.2. The van der Waals surface area contributed by atoms with Gasteiger partial charge in [0.05, 0.1) is 6.04 Å². The molecule has 0 radical (unpaired) electrons. The number of piperidine rings is 1. The van der Waals surface area contributed by atoms with Crippen molar-refractivity contribution >= 4 is 23.2 Å². The molecule has 0 saturated carbocycles. The standard InChI is InChI=1S/C13H18N2O2S/c1-3-9-4-6-11(18-9)8(2)14-10-5-7-12(16)15-13(10)17/h4,6,8,10,14H,3,5,7H2,1-2H3,(H,15,16,17). The first-order valence-corrected chi connectivity index (χ1v) is 7.10. The number of amides is 2. The van der Waals surface area contributed by atoms with Crippen LogP contribution < -0.4 is 10.6 Å². The molecule has 0 aromatic carbocycles. The van der Waals surface area contributed by atoms with Gasteiger partial charge in [-0.25, -0.2) is 0 Å². The molecule has 1 fully saturated rings. The van der Waals surface area contributed by atoms with Crippen LogP contribution in [0.5, 0.6) is 0 Å². The molecule has 0 bridgehead atoms. The van der Waals surface area contributed by atoms with E-state index in [9.17, 15) is 9.59 Å². The number of thiophene rings is 1. The Morgan fingerprint density at radius 2 is 2.28 bits per heavy atom. The highest BCUT2D eigenvalue weighted by Gasteiger charge is 2.27. The highest BCUT2D eigenvalue weighted by molar-refractivity contribution is 7.12. The van der Waals surface area contributed by atoms with Gasteiger partial charge in [-0.15, -0.1) is 11.3 Å². The van der Waals surface area contributed by atoms with E-state index in [-0.39, 0.29) is 23.9 Å². The Hall–Kier alpha value is -1.20. The van der Waals surface area contributed by atoms with Crippen molar-refractivity contribution in [3.63, 3.8) is 0 Å². The Balaban J connectivity index is 1.96. The Morgan fingerprint density at radius 3 is 2.89 bits per heavy atom. The summed E-state index contributed by atoms with van der Waals surface area (Å²) in [5.41, 5.74) is 0.